The van der Waals surface area contributed by atoms with Crippen molar-refractivity contribution < 1.29 is 35.5 Å². The molecular weight excluding hydrogens is 540 g/mol. The summed E-state index contributed by atoms with van der Waals surface area (Å²) in [5.41, 5.74) is -0.111. The predicted octanol–water partition coefficient (Wildman–Crippen LogP) is 4.96. The second-order valence-corrected chi connectivity index (χ2v) is 11.2. The number of sulfone groups is 1. The van der Waals surface area contributed by atoms with Gasteiger partial charge in [-0.05, 0) is 41.8 Å². The molecule has 8 nitrogen and oxygen atoms in total. The highest BCUT2D eigenvalue weighted by Gasteiger charge is 2.36. The summed E-state index contributed by atoms with van der Waals surface area (Å²) in [5, 5.41) is 5.89. The molecule has 0 spiro atoms. The summed E-state index contributed by atoms with van der Waals surface area (Å²) < 4.78 is 83.8. The Morgan fingerprint density at radius 3 is 2.33 bits per heavy atom. The van der Waals surface area contributed by atoms with Crippen molar-refractivity contribution in [1.29, 1.82) is 0 Å². The van der Waals surface area contributed by atoms with Crippen LogP contribution >= 0.6 is 0 Å². The molecule has 3 aromatic rings. The summed E-state index contributed by atoms with van der Waals surface area (Å²) in [7, 11) is -2.56. The molecule has 1 atom stereocenters. The van der Waals surface area contributed by atoms with Gasteiger partial charge < -0.3 is 15.4 Å². The van der Waals surface area contributed by atoms with Crippen LogP contribution in [-0.2, 0) is 27.2 Å². The number of alkyl halides is 3. The van der Waals surface area contributed by atoms with E-state index >= 15 is 0 Å². The molecule has 1 heterocycles. The van der Waals surface area contributed by atoms with E-state index in [-0.39, 0.29) is 36.0 Å². The van der Waals surface area contributed by atoms with E-state index in [9.17, 15) is 30.8 Å². The fraction of sp³-hybridized carbons (Fsp3) is 0.346. The van der Waals surface area contributed by atoms with Gasteiger partial charge in [-0.15, -0.1) is 0 Å². The zero-order valence-corrected chi connectivity index (χ0v) is 22.5. The molecule has 0 saturated heterocycles. The molecule has 0 radical (unpaired) electrons. The number of nitrogens with zero attached hydrogens (tertiary/aromatic N) is 2. The molecule has 2 aromatic carbocycles. The number of halogens is 4. The fourth-order valence-corrected chi connectivity index (χ4v) is 4.46. The maximum Gasteiger partial charge on any atom is 0.433 e. The molecule has 210 valence electrons. The van der Waals surface area contributed by atoms with Crippen LogP contribution in [-0.4, -0.2) is 50.3 Å². The number of rotatable bonds is 10. The first-order valence-electron chi connectivity index (χ1n) is 11.8. The second kappa shape index (κ2) is 12.0. The van der Waals surface area contributed by atoms with Crippen LogP contribution in [0.25, 0.3) is 0 Å². The van der Waals surface area contributed by atoms with Crippen LogP contribution in [0, 0.1) is 11.7 Å². The van der Waals surface area contributed by atoms with Crippen LogP contribution < -0.4 is 10.6 Å². The Balaban J connectivity index is 1.80. The van der Waals surface area contributed by atoms with Crippen LogP contribution in [0.4, 0.5) is 29.2 Å². The summed E-state index contributed by atoms with van der Waals surface area (Å²) in [6, 6.07) is 9.08. The van der Waals surface area contributed by atoms with Crippen molar-refractivity contribution >= 4 is 27.4 Å². The minimum Gasteiger partial charge on any atom is -0.465 e. The summed E-state index contributed by atoms with van der Waals surface area (Å²) >= 11 is 0. The van der Waals surface area contributed by atoms with Gasteiger partial charge in [0.25, 0.3) is 0 Å². The van der Waals surface area contributed by atoms with Crippen molar-refractivity contribution in [3.8, 4) is 0 Å². The number of carbonyl (C=O) groups excluding carboxylic acids is 1. The number of aromatic nitrogens is 2. The Morgan fingerprint density at radius 1 is 1.10 bits per heavy atom. The third-order valence-electron chi connectivity index (χ3n) is 5.88. The number of methoxy groups -OCH3 is 1. The molecule has 0 fully saturated rings. The number of esters is 1. The number of nitrogens with one attached hydrogen (secondary N) is 2. The van der Waals surface area contributed by atoms with Gasteiger partial charge in [-0.25, -0.2) is 27.6 Å². The maximum atomic E-state index is 13.9. The number of hydrogen-bond donors (Lipinski definition) is 2. The highest BCUT2D eigenvalue weighted by molar-refractivity contribution is 7.90. The topological polar surface area (TPSA) is 110 Å². The molecular formula is C26H28F4N4O4S. The lowest BCUT2D eigenvalue weighted by Gasteiger charge is -2.24. The fourth-order valence-electron chi connectivity index (χ4n) is 3.69. The normalized spacial score (nSPS) is 12.7. The second-order valence-electron chi connectivity index (χ2n) is 9.22. The van der Waals surface area contributed by atoms with Crippen molar-refractivity contribution in [2.24, 2.45) is 5.92 Å². The van der Waals surface area contributed by atoms with Gasteiger partial charge in [0.2, 0.25) is 5.95 Å². The third kappa shape index (κ3) is 7.88. The van der Waals surface area contributed by atoms with Gasteiger partial charge in [-0.2, -0.15) is 13.2 Å². The predicted molar refractivity (Wildman–Crippen MR) is 138 cm³/mol. The monoisotopic (exact) mass is 568 g/mol. The van der Waals surface area contributed by atoms with Crippen LogP contribution in [0.1, 0.15) is 41.0 Å². The van der Waals surface area contributed by atoms with E-state index in [1.54, 1.807) is 0 Å². The Bertz CT molecular complexity index is 1430. The third-order valence-corrected chi connectivity index (χ3v) is 6.99. The highest BCUT2D eigenvalue weighted by Crippen LogP contribution is 2.32. The molecule has 0 aliphatic heterocycles. The van der Waals surface area contributed by atoms with Crippen molar-refractivity contribution in [1.82, 2.24) is 9.97 Å². The lowest BCUT2D eigenvalue weighted by atomic mass is 10.0. The van der Waals surface area contributed by atoms with Gasteiger partial charge in [0.1, 0.15) is 10.7 Å². The summed E-state index contributed by atoms with van der Waals surface area (Å²) in [6.07, 6.45) is -2.86. The van der Waals surface area contributed by atoms with Gasteiger partial charge in [0.15, 0.2) is 15.5 Å². The molecule has 0 unspecified atom stereocenters. The number of hydrogen-bond acceptors (Lipinski definition) is 8. The average molecular weight is 569 g/mol. The number of benzene rings is 2. The van der Waals surface area contributed by atoms with Crippen molar-refractivity contribution in [2.45, 2.75) is 37.4 Å². The number of ether oxygens (including phenoxy) is 1. The van der Waals surface area contributed by atoms with Gasteiger partial charge in [0.05, 0.1) is 12.7 Å². The lowest BCUT2D eigenvalue weighted by Crippen LogP contribution is -2.34. The van der Waals surface area contributed by atoms with Crippen LogP contribution in [0.5, 0.6) is 0 Å². The largest absolute Gasteiger partial charge is 0.465 e. The highest BCUT2D eigenvalue weighted by atomic mass is 32.2. The molecule has 39 heavy (non-hydrogen) atoms. The summed E-state index contributed by atoms with van der Waals surface area (Å²) in [6.45, 7) is 3.83. The van der Waals surface area contributed by atoms with E-state index in [1.807, 2.05) is 13.8 Å². The van der Waals surface area contributed by atoms with E-state index in [1.165, 1.54) is 37.4 Å². The van der Waals surface area contributed by atoms with Crippen molar-refractivity contribution in [3.05, 3.63) is 76.9 Å². The molecule has 3 rings (SSSR count). The van der Waals surface area contributed by atoms with E-state index in [2.05, 4.69) is 25.3 Å². The molecule has 0 bridgehead atoms. The zero-order chi connectivity index (χ0) is 29.0. The van der Waals surface area contributed by atoms with Crippen LogP contribution in [0.3, 0.4) is 0 Å². The first kappa shape index (κ1) is 29.8. The minimum absolute atomic E-state index is 0.0988. The summed E-state index contributed by atoms with van der Waals surface area (Å²) in [5.74, 6) is -1.77. The van der Waals surface area contributed by atoms with E-state index in [4.69, 9.17) is 0 Å². The SMILES string of the molecule is COC(=O)c1ccc(Cc2cnc(N[C@@H](CNc3ccc(F)c(S(C)(=O)=O)c3)C(C)C)nc2C(F)(F)F)cc1. The van der Waals surface area contributed by atoms with Crippen LogP contribution in [0.15, 0.2) is 53.6 Å². The molecule has 0 amide bonds. The standard InChI is InChI=1S/C26H28F4N4O4S/c1-15(2)21(14-31-19-9-10-20(27)22(12-19)39(4,36)37)33-25-32-13-18(23(34-25)26(28,29)30)11-16-5-7-17(8-6-16)24(35)38-3/h5-10,12-13,15,21,31H,11,14H2,1-4H3,(H,32,33,34)/t21-/m0/s1. The molecule has 0 aliphatic rings. The maximum absolute atomic E-state index is 13.9. The van der Waals surface area contributed by atoms with Gasteiger partial charge in [0, 0.05) is 42.7 Å². The lowest BCUT2D eigenvalue weighted by molar-refractivity contribution is -0.141. The number of carbonyl (C=O) groups is 1. The van der Waals surface area contributed by atoms with E-state index in [0.717, 1.165) is 24.6 Å². The molecule has 2 N–H and O–H groups in total. The van der Waals surface area contributed by atoms with Gasteiger partial charge in [-0.1, -0.05) is 26.0 Å². The molecule has 1 aromatic heterocycles. The average Bonchev–Trinajstić information content (AvgIpc) is 2.86. The van der Waals surface area contributed by atoms with E-state index in [0.29, 0.717) is 11.3 Å². The number of anilines is 2. The summed E-state index contributed by atoms with van der Waals surface area (Å²) in [4.78, 5) is 19.0. The first-order valence-corrected chi connectivity index (χ1v) is 13.7. The quantitative estimate of drug-likeness (QED) is 0.261. The Kier molecular flexibility index (Phi) is 9.15. The molecule has 0 aliphatic carbocycles. The van der Waals surface area contributed by atoms with E-state index < -0.39 is 44.4 Å². The molecule has 13 heteroatoms. The molecule has 0 saturated carbocycles. The van der Waals surface area contributed by atoms with Gasteiger partial charge in [-0.3, -0.25) is 0 Å². The van der Waals surface area contributed by atoms with Gasteiger partial charge >= 0.3 is 12.1 Å². The Morgan fingerprint density at radius 2 is 1.77 bits per heavy atom. The Hall–Kier alpha value is -3.74. The smallest absolute Gasteiger partial charge is 0.433 e. The zero-order valence-electron chi connectivity index (χ0n) is 21.6. The van der Waals surface area contributed by atoms with Crippen molar-refractivity contribution in [3.63, 3.8) is 0 Å². The minimum atomic E-state index is -4.75. The Labute approximate surface area is 223 Å². The van der Waals surface area contributed by atoms with Crippen molar-refractivity contribution in [2.75, 3.05) is 30.5 Å². The first-order chi connectivity index (χ1) is 18.2. The van der Waals surface area contributed by atoms with Crippen LogP contribution in [0.2, 0.25) is 0 Å².